The summed E-state index contributed by atoms with van der Waals surface area (Å²) in [5, 5.41) is 0. The molecule has 1 atom stereocenters. The van der Waals surface area contributed by atoms with Crippen LogP contribution in [0.4, 0.5) is 0 Å². The van der Waals surface area contributed by atoms with Gasteiger partial charge in [0.05, 0.1) is 24.2 Å². The number of hydrogen-bond donors (Lipinski definition) is 0. The average molecular weight is 375 g/mol. The van der Waals surface area contributed by atoms with Crippen LogP contribution in [0.2, 0.25) is 0 Å². The first-order valence-electron chi connectivity index (χ1n) is 8.86. The van der Waals surface area contributed by atoms with E-state index in [1.165, 1.54) is 4.31 Å². The molecule has 0 N–H and O–H groups in total. The summed E-state index contributed by atoms with van der Waals surface area (Å²) < 4.78 is 38.8. The van der Waals surface area contributed by atoms with E-state index in [0.717, 1.165) is 5.56 Å². The van der Waals surface area contributed by atoms with Crippen molar-refractivity contribution in [1.82, 2.24) is 4.31 Å². The molecule has 1 heterocycles. The van der Waals surface area contributed by atoms with Crippen LogP contribution in [0.25, 0.3) is 0 Å². The molecule has 1 aliphatic rings. The predicted octanol–water partition coefficient (Wildman–Crippen LogP) is 3.48. The van der Waals surface area contributed by atoms with Crippen molar-refractivity contribution in [2.24, 2.45) is 5.92 Å². The maximum atomic E-state index is 13.0. The van der Waals surface area contributed by atoms with Crippen LogP contribution in [0.3, 0.4) is 0 Å². The van der Waals surface area contributed by atoms with E-state index in [1.54, 1.807) is 24.3 Å². The summed E-state index contributed by atoms with van der Waals surface area (Å²) in [6.45, 7) is 5.80. The third kappa shape index (κ3) is 4.44. The van der Waals surface area contributed by atoms with Crippen molar-refractivity contribution >= 4 is 10.0 Å². The van der Waals surface area contributed by atoms with E-state index in [2.05, 4.69) is 13.8 Å². The Balaban J connectivity index is 1.73. The summed E-state index contributed by atoms with van der Waals surface area (Å²) in [7, 11) is -3.55. The highest BCUT2D eigenvalue weighted by molar-refractivity contribution is 7.89. The lowest BCUT2D eigenvalue weighted by molar-refractivity contribution is -0.00255. The van der Waals surface area contributed by atoms with Crippen LogP contribution in [0.5, 0.6) is 5.75 Å². The molecule has 2 aromatic rings. The number of benzene rings is 2. The van der Waals surface area contributed by atoms with E-state index in [0.29, 0.717) is 38.0 Å². The second kappa shape index (κ2) is 8.20. The van der Waals surface area contributed by atoms with E-state index in [1.807, 2.05) is 30.3 Å². The fourth-order valence-electron chi connectivity index (χ4n) is 2.83. The molecule has 6 heteroatoms. The Morgan fingerprint density at radius 1 is 1.12 bits per heavy atom. The average Bonchev–Trinajstić information content (AvgIpc) is 2.67. The molecule has 0 spiro atoms. The van der Waals surface area contributed by atoms with Crippen LogP contribution in [-0.4, -0.2) is 39.0 Å². The second-order valence-electron chi connectivity index (χ2n) is 6.81. The van der Waals surface area contributed by atoms with Gasteiger partial charge in [-0.15, -0.1) is 0 Å². The van der Waals surface area contributed by atoms with Crippen molar-refractivity contribution in [1.29, 1.82) is 0 Å². The maximum Gasteiger partial charge on any atom is 0.243 e. The van der Waals surface area contributed by atoms with Gasteiger partial charge in [0.1, 0.15) is 5.75 Å². The molecule has 0 radical (unpaired) electrons. The molecular formula is C20H25NO4S. The Labute approximate surface area is 155 Å². The number of sulfonamides is 1. The van der Waals surface area contributed by atoms with Gasteiger partial charge in [-0.1, -0.05) is 44.2 Å². The summed E-state index contributed by atoms with van der Waals surface area (Å²) in [6, 6.07) is 16.4. The zero-order valence-electron chi connectivity index (χ0n) is 15.2. The van der Waals surface area contributed by atoms with Crippen molar-refractivity contribution in [3.63, 3.8) is 0 Å². The number of rotatable bonds is 6. The topological polar surface area (TPSA) is 55.8 Å². The molecule has 1 fully saturated rings. The van der Waals surface area contributed by atoms with Crippen molar-refractivity contribution in [2.45, 2.75) is 24.8 Å². The molecule has 140 valence electrons. The van der Waals surface area contributed by atoms with Gasteiger partial charge in [0, 0.05) is 13.1 Å². The van der Waals surface area contributed by atoms with E-state index < -0.39 is 10.0 Å². The quantitative estimate of drug-likeness (QED) is 0.776. The number of ether oxygens (including phenoxy) is 2. The molecule has 0 unspecified atom stereocenters. The second-order valence-corrected chi connectivity index (χ2v) is 8.75. The largest absolute Gasteiger partial charge is 0.493 e. The molecule has 0 bridgehead atoms. The fourth-order valence-corrected chi connectivity index (χ4v) is 4.26. The van der Waals surface area contributed by atoms with Crippen LogP contribution >= 0.6 is 0 Å². The molecule has 0 amide bonds. The Hall–Kier alpha value is -1.89. The Morgan fingerprint density at radius 2 is 1.81 bits per heavy atom. The molecular weight excluding hydrogens is 350 g/mol. The van der Waals surface area contributed by atoms with Gasteiger partial charge in [-0.2, -0.15) is 4.31 Å². The minimum absolute atomic E-state index is 0.242. The van der Waals surface area contributed by atoms with Gasteiger partial charge in [0.25, 0.3) is 0 Å². The van der Waals surface area contributed by atoms with E-state index in [4.69, 9.17) is 9.47 Å². The van der Waals surface area contributed by atoms with Gasteiger partial charge in [-0.3, -0.25) is 0 Å². The van der Waals surface area contributed by atoms with Crippen molar-refractivity contribution in [3.05, 3.63) is 60.2 Å². The van der Waals surface area contributed by atoms with E-state index in [9.17, 15) is 8.42 Å². The summed E-state index contributed by atoms with van der Waals surface area (Å²) >= 11 is 0. The lowest BCUT2D eigenvalue weighted by atomic mass is 10.1. The first-order valence-corrected chi connectivity index (χ1v) is 10.3. The summed E-state index contributed by atoms with van der Waals surface area (Å²) in [6.07, 6.45) is -0.242. The highest BCUT2D eigenvalue weighted by Gasteiger charge is 2.31. The van der Waals surface area contributed by atoms with E-state index >= 15 is 0 Å². The molecule has 3 rings (SSSR count). The molecule has 1 saturated heterocycles. The van der Waals surface area contributed by atoms with Crippen LogP contribution in [0, 0.1) is 5.92 Å². The zero-order valence-corrected chi connectivity index (χ0v) is 16.0. The number of nitrogens with zero attached hydrogens (tertiary/aromatic N) is 1. The Morgan fingerprint density at radius 3 is 2.46 bits per heavy atom. The molecule has 0 aromatic heterocycles. The third-order valence-corrected chi connectivity index (χ3v) is 6.12. The molecule has 5 nitrogen and oxygen atoms in total. The maximum absolute atomic E-state index is 13.0. The summed E-state index contributed by atoms with van der Waals surface area (Å²) in [5.41, 5.74) is 0.991. The van der Waals surface area contributed by atoms with Crippen molar-refractivity contribution < 1.29 is 17.9 Å². The van der Waals surface area contributed by atoms with Gasteiger partial charge in [0.15, 0.2) is 0 Å². The number of morpholine rings is 1. The van der Waals surface area contributed by atoms with Gasteiger partial charge >= 0.3 is 0 Å². The van der Waals surface area contributed by atoms with Crippen LogP contribution in [0.1, 0.15) is 25.5 Å². The molecule has 0 aliphatic carbocycles. The first kappa shape index (κ1) is 18.9. The SMILES string of the molecule is CC(C)COc1ccc(S(=O)(=O)N2CCO[C@H](c3ccccc3)C2)cc1. The summed E-state index contributed by atoms with van der Waals surface area (Å²) in [4.78, 5) is 0.281. The van der Waals surface area contributed by atoms with Gasteiger partial charge < -0.3 is 9.47 Å². The highest BCUT2D eigenvalue weighted by Crippen LogP contribution is 2.27. The molecule has 2 aromatic carbocycles. The third-order valence-electron chi connectivity index (χ3n) is 4.25. The van der Waals surface area contributed by atoms with Crippen LogP contribution < -0.4 is 4.74 Å². The number of hydrogen-bond acceptors (Lipinski definition) is 4. The minimum atomic E-state index is -3.55. The molecule has 1 aliphatic heterocycles. The molecule has 26 heavy (non-hydrogen) atoms. The lowest BCUT2D eigenvalue weighted by Gasteiger charge is -2.32. The van der Waals surface area contributed by atoms with Gasteiger partial charge in [-0.05, 0) is 35.7 Å². The standard InChI is InChI=1S/C20H25NO4S/c1-16(2)15-25-18-8-10-19(11-9-18)26(22,23)21-12-13-24-20(14-21)17-6-4-3-5-7-17/h3-11,16,20H,12-15H2,1-2H3/t20-/m0/s1. The zero-order chi connectivity index (χ0) is 18.6. The first-order chi connectivity index (χ1) is 12.5. The van der Waals surface area contributed by atoms with E-state index in [-0.39, 0.29) is 11.0 Å². The van der Waals surface area contributed by atoms with Gasteiger partial charge in [0.2, 0.25) is 10.0 Å². The molecule has 0 saturated carbocycles. The van der Waals surface area contributed by atoms with Gasteiger partial charge in [-0.25, -0.2) is 8.42 Å². The van der Waals surface area contributed by atoms with Crippen LogP contribution in [-0.2, 0) is 14.8 Å². The smallest absolute Gasteiger partial charge is 0.243 e. The lowest BCUT2D eigenvalue weighted by Crippen LogP contribution is -2.42. The fraction of sp³-hybridized carbons (Fsp3) is 0.400. The Kier molecular flexibility index (Phi) is 5.96. The minimum Gasteiger partial charge on any atom is -0.493 e. The normalized spacial score (nSPS) is 18.8. The van der Waals surface area contributed by atoms with Crippen molar-refractivity contribution in [2.75, 3.05) is 26.3 Å². The monoisotopic (exact) mass is 375 g/mol. The predicted molar refractivity (Wildman–Crippen MR) is 101 cm³/mol. The van der Waals surface area contributed by atoms with Crippen LogP contribution in [0.15, 0.2) is 59.5 Å². The summed E-state index contributed by atoms with van der Waals surface area (Å²) in [5.74, 6) is 1.10. The Bertz CT molecular complexity index is 803. The van der Waals surface area contributed by atoms with Crippen molar-refractivity contribution in [3.8, 4) is 5.75 Å². The highest BCUT2D eigenvalue weighted by atomic mass is 32.2.